The Bertz CT molecular complexity index is 284. The molecule has 0 fully saturated rings. The van der Waals surface area contributed by atoms with E-state index < -0.39 is 5.97 Å². The second-order valence-electron chi connectivity index (χ2n) is 3.93. The summed E-state index contributed by atoms with van der Waals surface area (Å²) in [5, 5.41) is 18.4. The predicted octanol–water partition coefficient (Wildman–Crippen LogP) is 0.0272. The summed E-state index contributed by atoms with van der Waals surface area (Å²) in [6.45, 7) is 0.676. The SMILES string of the molecule is Br.CN(C)C(=N)N(C)C.O=C(O)CN1C=CNC1. The van der Waals surface area contributed by atoms with Gasteiger partial charge < -0.3 is 25.1 Å². The van der Waals surface area contributed by atoms with Crippen LogP contribution in [-0.2, 0) is 4.79 Å². The Hall–Kier alpha value is -1.44. The van der Waals surface area contributed by atoms with Crippen LogP contribution in [0.5, 0.6) is 0 Å². The van der Waals surface area contributed by atoms with E-state index in [2.05, 4.69) is 5.32 Å². The van der Waals surface area contributed by atoms with Crippen molar-refractivity contribution in [2.24, 2.45) is 0 Å². The van der Waals surface area contributed by atoms with Crippen LogP contribution in [0.2, 0.25) is 0 Å². The summed E-state index contributed by atoms with van der Waals surface area (Å²) in [4.78, 5) is 15.2. The molecule has 1 heterocycles. The lowest BCUT2D eigenvalue weighted by Crippen LogP contribution is -2.34. The standard InChI is InChI=1S/C5H13N3.C5H8N2O2.BrH/c1-7(2)5(6)8(3)4;8-5(9)3-7-2-1-6-4-7;/h6H,1-4H3;1-2,6H,3-4H2,(H,8,9);1H. The maximum atomic E-state index is 10.1. The highest BCUT2D eigenvalue weighted by Gasteiger charge is 2.06. The van der Waals surface area contributed by atoms with Gasteiger partial charge in [0.25, 0.3) is 0 Å². The van der Waals surface area contributed by atoms with Crippen LogP contribution in [0.15, 0.2) is 12.4 Å². The van der Waals surface area contributed by atoms with Crippen LogP contribution in [-0.4, -0.2) is 73.1 Å². The van der Waals surface area contributed by atoms with Crippen molar-refractivity contribution < 1.29 is 9.90 Å². The summed E-state index contributed by atoms with van der Waals surface area (Å²) < 4.78 is 0. The molecule has 0 spiro atoms. The molecule has 106 valence electrons. The predicted molar refractivity (Wildman–Crippen MR) is 76.9 cm³/mol. The average molecular weight is 324 g/mol. The number of hydrogen-bond donors (Lipinski definition) is 3. The number of aliphatic carboxylic acids is 1. The number of nitrogens with zero attached hydrogens (tertiary/aromatic N) is 3. The Balaban J connectivity index is 0. The van der Waals surface area contributed by atoms with Gasteiger partial charge in [0.2, 0.25) is 0 Å². The van der Waals surface area contributed by atoms with Gasteiger partial charge in [-0.1, -0.05) is 0 Å². The zero-order valence-corrected chi connectivity index (χ0v) is 12.9. The molecule has 0 saturated heterocycles. The van der Waals surface area contributed by atoms with Gasteiger partial charge in [-0.05, 0) is 0 Å². The number of nitrogens with one attached hydrogen (secondary N) is 2. The first-order valence-corrected chi connectivity index (χ1v) is 5.13. The van der Waals surface area contributed by atoms with Crippen LogP contribution in [0.1, 0.15) is 0 Å². The van der Waals surface area contributed by atoms with E-state index in [0.29, 0.717) is 12.6 Å². The van der Waals surface area contributed by atoms with E-state index in [-0.39, 0.29) is 23.5 Å². The molecule has 0 aliphatic carbocycles. The van der Waals surface area contributed by atoms with Crippen LogP contribution < -0.4 is 5.32 Å². The number of carbonyl (C=O) groups is 1. The van der Waals surface area contributed by atoms with Gasteiger partial charge in [0.15, 0.2) is 5.96 Å². The van der Waals surface area contributed by atoms with Gasteiger partial charge in [0, 0.05) is 40.6 Å². The summed E-state index contributed by atoms with van der Waals surface area (Å²) in [6, 6.07) is 0. The zero-order chi connectivity index (χ0) is 13.4. The summed E-state index contributed by atoms with van der Waals surface area (Å²) in [7, 11) is 7.40. The van der Waals surface area contributed by atoms with E-state index in [1.807, 2.05) is 28.2 Å². The molecule has 8 heteroatoms. The first kappa shape index (κ1) is 18.9. The van der Waals surface area contributed by atoms with Crippen LogP contribution in [0.4, 0.5) is 0 Å². The lowest BCUT2D eigenvalue weighted by atomic mass is 10.6. The summed E-state index contributed by atoms with van der Waals surface area (Å²) in [5.74, 6) is -0.284. The third-order valence-corrected chi connectivity index (χ3v) is 1.88. The Labute approximate surface area is 118 Å². The van der Waals surface area contributed by atoms with E-state index in [0.717, 1.165) is 0 Å². The number of halogens is 1. The molecule has 0 aromatic rings. The molecular formula is C10H22BrN5O2. The lowest BCUT2D eigenvalue weighted by Gasteiger charge is -2.19. The van der Waals surface area contributed by atoms with E-state index in [4.69, 9.17) is 10.5 Å². The summed E-state index contributed by atoms with van der Waals surface area (Å²) >= 11 is 0. The minimum Gasteiger partial charge on any atom is -0.480 e. The van der Waals surface area contributed by atoms with E-state index in [9.17, 15) is 4.79 Å². The van der Waals surface area contributed by atoms with Crippen LogP contribution in [0.25, 0.3) is 0 Å². The molecule has 1 rings (SSSR count). The van der Waals surface area contributed by atoms with Crippen molar-refractivity contribution in [2.45, 2.75) is 0 Å². The fraction of sp³-hybridized carbons (Fsp3) is 0.600. The highest BCUT2D eigenvalue weighted by atomic mass is 79.9. The van der Waals surface area contributed by atoms with E-state index >= 15 is 0 Å². The van der Waals surface area contributed by atoms with Gasteiger partial charge in [-0.15, -0.1) is 17.0 Å². The second-order valence-corrected chi connectivity index (χ2v) is 3.93. The molecule has 7 nitrogen and oxygen atoms in total. The van der Waals surface area contributed by atoms with Crippen LogP contribution in [0.3, 0.4) is 0 Å². The molecule has 18 heavy (non-hydrogen) atoms. The van der Waals surface area contributed by atoms with Crippen molar-refractivity contribution in [3.05, 3.63) is 12.4 Å². The topological polar surface area (TPSA) is 82.9 Å². The third kappa shape index (κ3) is 8.68. The van der Waals surface area contributed by atoms with Crippen molar-refractivity contribution >= 4 is 28.9 Å². The van der Waals surface area contributed by atoms with Crippen LogP contribution in [0, 0.1) is 5.41 Å². The van der Waals surface area contributed by atoms with Crippen LogP contribution >= 0.6 is 17.0 Å². The second kappa shape index (κ2) is 9.58. The van der Waals surface area contributed by atoms with Crippen molar-refractivity contribution in [3.63, 3.8) is 0 Å². The minimum absolute atomic E-state index is 0. The van der Waals surface area contributed by atoms with Gasteiger partial charge in [-0.2, -0.15) is 0 Å². The molecule has 0 amide bonds. The zero-order valence-electron chi connectivity index (χ0n) is 11.2. The molecule has 3 N–H and O–H groups in total. The molecule has 1 aliphatic rings. The number of carboxylic acid groups (broad SMARTS) is 1. The molecule has 0 radical (unpaired) electrons. The summed E-state index contributed by atoms with van der Waals surface area (Å²) in [6.07, 6.45) is 3.44. The highest BCUT2D eigenvalue weighted by Crippen LogP contribution is 1.91. The van der Waals surface area contributed by atoms with Crippen molar-refractivity contribution in [2.75, 3.05) is 41.4 Å². The molecule has 0 saturated carbocycles. The molecular weight excluding hydrogens is 302 g/mol. The van der Waals surface area contributed by atoms with Crippen molar-refractivity contribution in [1.82, 2.24) is 20.0 Å². The molecule has 0 aromatic carbocycles. The monoisotopic (exact) mass is 323 g/mol. The average Bonchev–Trinajstić information content (AvgIpc) is 2.68. The molecule has 1 aliphatic heterocycles. The Morgan fingerprint density at radius 3 is 2.11 bits per heavy atom. The molecule has 0 bridgehead atoms. The molecule has 0 atom stereocenters. The highest BCUT2D eigenvalue weighted by molar-refractivity contribution is 8.93. The maximum Gasteiger partial charge on any atom is 0.323 e. The number of rotatable bonds is 2. The van der Waals surface area contributed by atoms with E-state index in [1.165, 1.54) is 0 Å². The lowest BCUT2D eigenvalue weighted by molar-refractivity contribution is -0.137. The van der Waals surface area contributed by atoms with Gasteiger partial charge in [-0.3, -0.25) is 10.2 Å². The fourth-order valence-electron chi connectivity index (χ4n) is 1.06. The van der Waals surface area contributed by atoms with E-state index in [1.54, 1.807) is 27.1 Å². The Kier molecular flexibility index (Phi) is 10.1. The first-order chi connectivity index (χ1) is 7.84. The Morgan fingerprint density at radius 2 is 1.89 bits per heavy atom. The van der Waals surface area contributed by atoms with Crippen molar-refractivity contribution in [1.29, 1.82) is 5.41 Å². The summed E-state index contributed by atoms with van der Waals surface area (Å²) in [5.41, 5.74) is 0. The number of guanidine groups is 1. The number of hydrogen-bond acceptors (Lipinski definition) is 4. The van der Waals surface area contributed by atoms with Gasteiger partial charge in [0.1, 0.15) is 6.54 Å². The van der Waals surface area contributed by atoms with Crippen molar-refractivity contribution in [3.8, 4) is 0 Å². The third-order valence-electron chi connectivity index (χ3n) is 1.88. The maximum absolute atomic E-state index is 10.1. The van der Waals surface area contributed by atoms with Gasteiger partial charge in [-0.25, -0.2) is 0 Å². The quantitative estimate of drug-likeness (QED) is 0.491. The fourth-order valence-corrected chi connectivity index (χ4v) is 1.06. The number of carboxylic acids is 1. The first-order valence-electron chi connectivity index (χ1n) is 5.13. The molecule has 0 aromatic heterocycles. The van der Waals surface area contributed by atoms with Gasteiger partial charge in [0.05, 0.1) is 6.67 Å². The smallest absolute Gasteiger partial charge is 0.323 e. The normalized spacial score (nSPS) is 11.7. The molecule has 0 unspecified atom stereocenters. The van der Waals surface area contributed by atoms with Gasteiger partial charge >= 0.3 is 5.97 Å². The largest absolute Gasteiger partial charge is 0.480 e. The minimum atomic E-state index is -0.802. The Morgan fingerprint density at radius 1 is 1.39 bits per heavy atom.